The molecule has 1 saturated heterocycles. The first-order valence-corrected chi connectivity index (χ1v) is 4.64. The van der Waals surface area contributed by atoms with E-state index in [9.17, 15) is 9.59 Å². The van der Waals surface area contributed by atoms with Crippen molar-refractivity contribution in [1.82, 2.24) is 14.8 Å². The summed E-state index contributed by atoms with van der Waals surface area (Å²) in [4.78, 5) is 29.6. The van der Waals surface area contributed by atoms with Gasteiger partial charge in [0.2, 0.25) is 0 Å². The van der Waals surface area contributed by atoms with Gasteiger partial charge in [-0.3, -0.25) is 14.7 Å². The number of carbonyl (C=O) groups is 2. The minimum absolute atomic E-state index is 0.158. The Bertz CT molecular complexity index is 391. The molecule has 3 amide bonds. The van der Waals surface area contributed by atoms with E-state index in [4.69, 9.17) is 0 Å². The highest BCUT2D eigenvalue weighted by atomic mass is 16.2. The Hall–Kier alpha value is -1.91. The average molecular weight is 205 g/mol. The fourth-order valence-corrected chi connectivity index (χ4v) is 1.48. The smallest absolute Gasteiger partial charge is 0.318 e. The van der Waals surface area contributed by atoms with Gasteiger partial charge in [0.25, 0.3) is 5.91 Å². The van der Waals surface area contributed by atoms with Gasteiger partial charge in [-0.1, -0.05) is 6.07 Å². The second-order valence-corrected chi connectivity index (χ2v) is 3.44. The molecule has 5 nitrogen and oxygen atoms in total. The molecule has 0 aliphatic carbocycles. The Morgan fingerprint density at radius 2 is 2.20 bits per heavy atom. The lowest BCUT2D eigenvalue weighted by atomic mass is 10.3. The third-order valence-corrected chi connectivity index (χ3v) is 2.28. The first-order chi connectivity index (χ1) is 7.18. The summed E-state index contributed by atoms with van der Waals surface area (Å²) in [6, 6.07) is 5.16. The zero-order valence-corrected chi connectivity index (χ0v) is 8.38. The molecule has 1 aliphatic rings. The molecule has 0 bridgehead atoms. The van der Waals surface area contributed by atoms with Crippen molar-refractivity contribution in [3.63, 3.8) is 0 Å². The first-order valence-electron chi connectivity index (χ1n) is 4.64. The van der Waals surface area contributed by atoms with Gasteiger partial charge in [-0.25, -0.2) is 4.79 Å². The molecule has 0 saturated carbocycles. The predicted molar refractivity (Wildman–Crippen MR) is 52.8 cm³/mol. The van der Waals surface area contributed by atoms with Crippen LogP contribution in [-0.4, -0.2) is 40.3 Å². The SMILES string of the molecule is CN1CC(=O)N(Cc2ccccn2)C1=O. The van der Waals surface area contributed by atoms with Crippen molar-refractivity contribution in [2.75, 3.05) is 13.6 Å². The minimum atomic E-state index is -0.259. The normalized spacial score (nSPS) is 16.3. The summed E-state index contributed by atoms with van der Waals surface area (Å²) in [5.41, 5.74) is 0.717. The first kappa shape index (κ1) is 9.64. The summed E-state index contributed by atoms with van der Waals surface area (Å²) < 4.78 is 0. The number of imide groups is 1. The van der Waals surface area contributed by atoms with Gasteiger partial charge < -0.3 is 4.90 Å². The molecule has 0 N–H and O–H groups in total. The fourth-order valence-electron chi connectivity index (χ4n) is 1.48. The molecule has 1 aromatic heterocycles. The Kier molecular flexibility index (Phi) is 2.37. The van der Waals surface area contributed by atoms with Crippen LogP contribution >= 0.6 is 0 Å². The standard InChI is InChI=1S/C10H11N3O2/c1-12-7-9(14)13(10(12)15)6-8-4-2-3-5-11-8/h2-5H,6-7H2,1H3. The van der Waals surface area contributed by atoms with Crippen LogP contribution in [0.4, 0.5) is 4.79 Å². The number of nitrogens with zero attached hydrogens (tertiary/aromatic N) is 3. The highest BCUT2D eigenvalue weighted by Gasteiger charge is 2.33. The molecule has 5 heteroatoms. The molecule has 1 fully saturated rings. The lowest BCUT2D eigenvalue weighted by Gasteiger charge is -2.12. The number of pyridine rings is 1. The van der Waals surface area contributed by atoms with E-state index in [0.717, 1.165) is 5.69 Å². The maximum Gasteiger partial charge on any atom is 0.327 e. The van der Waals surface area contributed by atoms with Crippen LogP contribution in [-0.2, 0) is 11.3 Å². The number of carbonyl (C=O) groups excluding carboxylic acids is 2. The van der Waals surface area contributed by atoms with E-state index < -0.39 is 0 Å². The minimum Gasteiger partial charge on any atom is -0.318 e. The second-order valence-electron chi connectivity index (χ2n) is 3.44. The Labute approximate surface area is 87.3 Å². The van der Waals surface area contributed by atoms with E-state index in [-0.39, 0.29) is 25.0 Å². The predicted octanol–water partition coefficient (Wildman–Crippen LogP) is 0.476. The van der Waals surface area contributed by atoms with Crippen LogP contribution in [0.15, 0.2) is 24.4 Å². The molecule has 1 aliphatic heterocycles. The summed E-state index contributed by atoms with van der Waals surface area (Å²) in [5, 5.41) is 0. The van der Waals surface area contributed by atoms with Crippen LogP contribution in [0.2, 0.25) is 0 Å². The number of likely N-dealkylation sites (N-methyl/N-ethyl adjacent to an activating group) is 1. The summed E-state index contributed by atoms with van der Waals surface area (Å²) in [6.07, 6.45) is 1.64. The van der Waals surface area contributed by atoms with Crippen LogP contribution in [0.25, 0.3) is 0 Å². The van der Waals surface area contributed by atoms with Crippen molar-refractivity contribution in [3.05, 3.63) is 30.1 Å². The van der Waals surface area contributed by atoms with Gasteiger partial charge in [0.1, 0.15) is 6.54 Å². The lowest BCUT2D eigenvalue weighted by molar-refractivity contribution is -0.125. The zero-order chi connectivity index (χ0) is 10.8. The lowest BCUT2D eigenvalue weighted by Crippen LogP contribution is -2.31. The Morgan fingerprint density at radius 3 is 2.73 bits per heavy atom. The van der Waals surface area contributed by atoms with Crippen molar-refractivity contribution < 1.29 is 9.59 Å². The zero-order valence-electron chi connectivity index (χ0n) is 8.38. The summed E-state index contributed by atoms with van der Waals surface area (Å²) >= 11 is 0. The number of rotatable bonds is 2. The molecular formula is C10H11N3O2. The quantitative estimate of drug-likeness (QED) is 0.660. The van der Waals surface area contributed by atoms with E-state index >= 15 is 0 Å². The van der Waals surface area contributed by atoms with Gasteiger partial charge in [-0.05, 0) is 12.1 Å². The summed E-state index contributed by atoms with van der Waals surface area (Å²) in [6.45, 7) is 0.411. The number of amides is 3. The number of urea groups is 1. The van der Waals surface area contributed by atoms with E-state index in [0.29, 0.717) is 0 Å². The maximum atomic E-state index is 11.5. The average Bonchev–Trinajstić information content (AvgIpc) is 2.47. The monoisotopic (exact) mass is 205 g/mol. The van der Waals surface area contributed by atoms with Gasteiger partial charge in [0, 0.05) is 13.2 Å². The molecule has 0 atom stereocenters. The molecule has 78 valence electrons. The highest BCUT2D eigenvalue weighted by Crippen LogP contribution is 2.11. The number of aromatic nitrogens is 1. The third kappa shape index (κ3) is 1.81. The molecule has 0 aromatic carbocycles. The molecule has 0 spiro atoms. The van der Waals surface area contributed by atoms with Crippen LogP contribution in [0.3, 0.4) is 0 Å². The Balaban J connectivity index is 2.13. The molecular weight excluding hydrogens is 194 g/mol. The fraction of sp³-hybridized carbons (Fsp3) is 0.300. The summed E-state index contributed by atoms with van der Waals surface area (Å²) in [7, 11) is 1.61. The van der Waals surface area contributed by atoms with E-state index in [1.54, 1.807) is 25.4 Å². The molecule has 0 radical (unpaired) electrons. The van der Waals surface area contributed by atoms with E-state index in [1.165, 1.54) is 9.80 Å². The van der Waals surface area contributed by atoms with Gasteiger partial charge in [-0.2, -0.15) is 0 Å². The van der Waals surface area contributed by atoms with Crippen molar-refractivity contribution in [2.45, 2.75) is 6.54 Å². The van der Waals surface area contributed by atoms with Crippen LogP contribution in [0.5, 0.6) is 0 Å². The molecule has 15 heavy (non-hydrogen) atoms. The third-order valence-electron chi connectivity index (χ3n) is 2.28. The summed E-state index contributed by atoms with van der Waals surface area (Å²) in [5.74, 6) is -0.173. The second kappa shape index (κ2) is 3.68. The largest absolute Gasteiger partial charge is 0.327 e. The molecule has 0 unspecified atom stereocenters. The van der Waals surface area contributed by atoms with Gasteiger partial charge >= 0.3 is 6.03 Å². The van der Waals surface area contributed by atoms with Gasteiger partial charge in [-0.15, -0.1) is 0 Å². The van der Waals surface area contributed by atoms with Crippen LogP contribution in [0, 0.1) is 0 Å². The maximum absolute atomic E-state index is 11.5. The number of hydrogen-bond acceptors (Lipinski definition) is 3. The number of hydrogen-bond donors (Lipinski definition) is 0. The van der Waals surface area contributed by atoms with Crippen molar-refractivity contribution in [2.24, 2.45) is 0 Å². The van der Waals surface area contributed by atoms with Crippen molar-refractivity contribution in [1.29, 1.82) is 0 Å². The van der Waals surface area contributed by atoms with Crippen molar-refractivity contribution >= 4 is 11.9 Å². The molecule has 2 rings (SSSR count). The highest BCUT2D eigenvalue weighted by molar-refractivity contribution is 6.01. The molecule has 2 heterocycles. The van der Waals surface area contributed by atoms with Crippen LogP contribution in [0.1, 0.15) is 5.69 Å². The van der Waals surface area contributed by atoms with E-state index in [2.05, 4.69) is 4.98 Å². The molecule has 1 aromatic rings. The van der Waals surface area contributed by atoms with Crippen molar-refractivity contribution in [3.8, 4) is 0 Å². The topological polar surface area (TPSA) is 53.5 Å². The van der Waals surface area contributed by atoms with Gasteiger partial charge in [0.05, 0.1) is 12.2 Å². The Morgan fingerprint density at radius 1 is 1.40 bits per heavy atom. The van der Waals surface area contributed by atoms with E-state index in [1.807, 2.05) is 6.07 Å². The van der Waals surface area contributed by atoms with Gasteiger partial charge in [0.15, 0.2) is 0 Å². The van der Waals surface area contributed by atoms with Crippen LogP contribution < -0.4 is 0 Å².